The van der Waals surface area contributed by atoms with Gasteiger partial charge in [-0.05, 0) is 17.7 Å². The molecule has 0 bridgehead atoms. The molecule has 1 aromatic carbocycles. The molecule has 0 aliphatic rings. The van der Waals surface area contributed by atoms with Crippen molar-refractivity contribution in [2.24, 2.45) is 0 Å². The molecule has 0 saturated heterocycles. The number of alkyl halides is 1. The van der Waals surface area contributed by atoms with Gasteiger partial charge >= 0.3 is 0 Å². The van der Waals surface area contributed by atoms with Crippen LogP contribution in [-0.2, 0) is 0 Å². The van der Waals surface area contributed by atoms with Crippen LogP contribution in [0.25, 0.3) is 0 Å². The Labute approximate surface area is 77.0 Å². The van der Waals surface area contributed by atoms with E-state index in [1.807, 2.05) is 0 Å². The molecule has 72 valence electrons. The maximum Gasteiger partial charge on any atom is 0.118 e. The van der Waals surface area contributed by atoms with Crippen LogP contribution in [0.1, 0.15) is 11.5 Å². The Balaban J connectivity index is 2.78. The molecule has 1 N–H and O–H groups in total. The fraction of sp³-hybridized carbons (Fsp3) is 0.400. The second kappa shape index (κ2) is 4.82. The Bertz CT molecular complexity index is 242. The Kier molecular flexibility index (Phi) is 3.71. The fourth-order valence-electron chi connectivity index (χ4n) is 1.12. The van der Waals surface area contributed by atoms with Gasteiger partial charge in [0.1, 0.15) is 5.75 Å². The summed E-state index contributed by atoms with van der Waals surface area (Å²) in [6.45, 7) is -0.703. The van der Waals surface area contributed by atoms with Crippen LogP contribution in [0.2, 0.25) is 0 Å². The van der Waals surface area contributed by atoms with E-state index in [0.29, 0.717) is 0 Å². The van der Waals surface area contributed by atoms with E-state index in [2.05, 4.69) is 0 Å². The van der Waals surface area contributed by atoms with Crippen molar-refractivity contribution < 1.29 is 14.2 Å². The van der Waals surface area contributed by atoms with Crippen LogP contribution in [0, 0.1) is 0 Å². The summed E-state index contributed by atoms with van der Waals surface area (Å²) in [5.74, 6) is 0.324. The fourth-order valence-corrected chi connectivity index (χ4v) is 1.12. The average molecular weight is 184 g/mol. The average Bonchev–Trinajstić information content (AvgIpc) is 2.21. The monoisotopic (exact) mass is 184 g/mol. The Morgan fingerprint density at radius 3 is 2.38 bits per heavy atom. The summed E-state index contributed by atoms with van der Waals surface area (Å²) in [6.07, 6.45) is 0. The molecule has 0 aliphatic carbocycles. The van der Waals surface area contributed by atoms with Crippen LogP contribution in [0.4, 0.5) is 4.39 Å². The van der Waals surface area contributed by atoms with Crippen LogP contribution in [0.5, 0.6) is 5.75 Å². The number of ether oxygens (including phenoxy) is 1. The number of aliphatic hydroxyl groups excluding tert-OH is 1. The van der Waals surface area contributed by atoms with Gasteiger partial charge < -0.3 is 9.84 Å². The summed E-state index contributed by atoms with van der Waals surface area (Å²) in [4.78, 5) is 0. The van der Waals surface area contributed by atoms with Crippen molar-refractivity contribution in [2.75, 3.05) is 20.4 Å². The predicted molar refractivity (Wildman–Crippen MR) is 48.8 cm³/mol. The Morgan fingerprint density at radius 1 is 1.38 bits per heavy atom. The van der Waals surface area contributed by atoms with Crippen LogP contribution in [-0.4, -0.2) is 25.5 Å². The number of rotatable bonds is 4. The third-order valence-electron chi connectivity index (χ3n) is 1.99. The molecule has 2 nitrogen and oxygen atoms in total. The van der Waals surface area contributed by atoms with Crippen molar-refractivity contribution in [3.05, 3.63) is 29.8 Å². The number of benzene rings is 1. The van der Waals surface area contributed by atoms with Crippen molar-refractivity contribution >= 4 is 0 Å². The molecule has 0 amide bonds. The molecule has 3 heteroatoms. The number of hydrogen-bond acceptors (Lipinski definition) is 2. The number of halogens is 1. The van der Waals surface area contributed by atoms with Crippen molar-refractivity contribution in [3.8, 4) is 5.75 Å². The lowest BCUT2D eigenvalue weighted by Gasteiger charge is -2.10. The molecule has 0 spiro atoms. The Hall–Kier alpha value is -1.09. The van der Waals surface area contributed by atoms with Crippen molar-refractivity contribution in [1.82, 2.24) is 0 Å². The lowest BCUT2D eigenvalue weighted by atomic mass is 10.0. The third-order valence-corrected chi connectivity index (χ3v) is 1.99. The van der Waals surface area contributed by atoms with Crippen molar-refractivity contribution in [2.45, 2.75) is 5.92 Å². The first-order chi connectivity index (χ1) is 6.31. The van der Waals surface area contributed by atoms with E-state index in [9.17, 15) is 4.39 Å². The quantitative estimate of drug-likeness (QED) is 0.772. The highest BCUT2D eigenvalue weighted by molar-refractivity contribution is 5.29. The minimum atomic E-state index is -0.539. The van der Waals surface area contributed by atoms with Crippen molar-refractivity contribution in [3.63, 3.8) is 0 Å². The molecule has 0 fully saturated rings. The summed E-state index contributed by atoms with van der Waals surface area (Å²) >= 11 is 0. The van der Waals surface area contributed by atoms with Gasteiger partial charge in [0.15, 0.2) is 0 Å². The van der Waals surface area contributed by atoms with E-state index in [0.717, 1.165) is 11.3 Å². The van der Waals surface area contributed by atoms with Gasteiger partial charge in [0.05, 0.1) is 20.4 Å². The van der Waals surface area contributed by atoms with Gasteiger partial charge in [-0.15, -0.1) is 0 Å². The second-order valence-electron chi connectivity index (χ2n) is 2.81. The summed E-state index contributed by atoms with van der Waals surface area (Å²) in [6, 6.07) is 7.04. The van der Waals surface area contributed by atoms with E-state index in [4.69, 9.17) is 9.84 Å². The van der Waals surface area contributed by atoms with Gasteiger partial charge in [-0.2, -0.15) is 0 Å². The van der Waals surface area contributed by atoms with E-state index >= 15 is 0 Å². The molecule has 0 aromatic heterocycles. The van der Waals surface area contributed by atoms with Gasteiger partial charge in [-0.1, -0.05) is 12.1 Å². The highest BCUT2D eigenvalue weighted by Crippen LogP contribution is 2.19. The molecular weight excluding hydrogens is 171 g/mol. The first-order valence-corrected chi connectivity index (χ1v) is 4.12. The van der Waals surface area contributed by atoms with Gasteiger partial charge in [0.2, 0.25) is 0 Å². The molecule has 0 aliphatic heterocycles. The second-order valence-corrected chi connectivity index (χ2v) is 2.81. The van der Waals surface area contributed by atoms with E-state index in [1.54, 1.807) is 31.4 Å². The summed E-state index contributed by atoms with van der Waals surface area (Å²) in [5.41, 5.74) is 0.797. The largest absolute Gasteiger partial charge is 0.497 e. The van der Waals surface area contributed by atoms with Gasteiger partial charge in [0, 0.05) is 5.92 Å². The summed E-state index contributed by atoms with van der Waals surface area (Å²) < 4.78 is 17.3. The zero-order valence-corrected chi connectivity index (χ0v) is 7.53. The molecule has 0 radical (unpaired) electrons. The number of aliphatic hydroxyl groups is 1. The van der Waals surface area contributed by atoms with Gasteiger partial charge in [-0.25, -0.2) is 0 Å². The highest BCUT2D eigenvalue weighted by Gasteiger charge is 2.09. The van der Waals surface area contributed by atoms with Crippen LogP contribution in [0.15, 0.2) is 24.3 Å². The van der Waals surface area contributed by atoms with Crippen molar-refractivity contribution in [1.29, 1.82) is 0 Å². The summed E-state index contributed by atoms with van der Waals surface area (Å²) in [5, 5.41) is 8.83. The van der Waals surface area contributed by atoms with Gasteiger partial charge in [0.25, 0.3) is 0 Å². The number of methoxy groups -OCH3 is 1. The van der Waals surface area contributed by atoms with Crippen LogP contribution in [0.3, 0.4) is 0 Å². The first kappa shape index (κ1) is 9.99. The molecule has 1 atom stereocenters. The zero-order chi connectivity index (χ0) is 9.68. The minimum absolute atomic E-state index is 0.164. The molecule has 13 heavy (non-hydrogen) atoms. The predicted octanol–water partition coefficient (Wildman–Crippen LogP) is 1.74. The molecule has 1 aromatic rings. The highest BCUT2D eigenvalue weighted by atomic mass is 19.1. The molecular formula is C10H13FO2. The van der Waals surface area contributed by atoms with Crippen LogP contribution >= 0.6 is 0 Å². The SMILES string of the molecule is COc1ccc(C(CO)CF)cc1. The molecule has 1 unspecified atom stereocenters. The maximum absolute atomic E-state index is 12.3. The lowest BCUT2D eigenvalue weighted by molar-refractivity contribution is 0.241. The maximum atomic E-state index is 12.3. The van der Waals surface area contributed by atoms with Crippen LogP contribution < -0.4 is 4.74 Å². The topological polar surface area (TPSA) is 29.5 Å². The summed E-state index contributed by atoms with van der Waals surface area (Å²) in [7, 11) is 1.58. The van der Waals surface area contributed by atoms with E-state index in [1.165, 1.54) is 0 Å². The molecule has 1 rings (SSSR count). The standard InChI is InChI=1S/C10H13FO2/c1-13-10-4-2-8(3-5-10)9(6-11)7-12/h2-5,9,12H,6-7H2,1H3. The van der Waals surface area contributed by atoms with Gasteiger partial charge in [-0.3, -0.25) is 4.39 Å². The lowest BCUT2D eigenvalue weighted by Crippen LogP contribution is -2.05. The van der Waals surface area contributed by atoms with E-state index < -0.39 is 12.6 Å². The van der Waals surface area contributed by atoms with E-state index in [-0.39, 0.29) is 6.61 Å². The molecule has 0 heterocycles. The third kappa shape index (κ3) is 2.42. The zero-order valence-electron chi connectivity index (χ0n) is 7.53. The molecule has 0 saturated carbocycles. The Morgan fingerprint density at radius 2 is 2.00 bits per heavy atom. The normalized spacial score (nSPS) is 12.5. The first-order valence-electron chi connectivity index (χ1n) is 4.12. The minimum Gasteiger partial charge on any atom is -0.497 e. The smallest absolute Gasteiger partial charge is 0.118 e. The number of hydrogen-bond donors (Lipinski definition) is 1.